The molecule has 2 nitrogen and oxygen atoms in total. The first-order valence-corrected chi connectivity index (χ1v) is 10.1. The first-order valence-electron chi connectivity index (χ1n) is 10.1. The molecular formula is C26H23BO2. The molecule has 0 fully saturated rings. The summed E-state index contributed by atoms with van der Waals surface area (Å²) in [6, 6.07) is 25.7. The Morgan fingerprint density at radius 2 is 1.10 bits per heavy atom. The van der Waals surface area contributed by atoms with Crippen molar-refractivity contribution in [1.29, 1.82) is 0 Å². The Kier molecular flexibility index (Phi) is 4.13. The standard InChI is InChI=1S/C26H23BO2/c27-20-15-16-23-24(17-20)26(29,19-11-5-2-6-12-19)22-14-8-7-13-21(22)25(23,28)18-9-3-1-4-10-18/h1-17,21-22,28-29H,27H2. The summed E-state index contributed by atoms with van der Waals surface area (Å²) in [5, 5.41) is 24.6. The first-order chi connectivity index (χ1) is 14.1. The molecule has 0 spiro atoms. The van der Waals surface area contributed by atoms with Crippen molar-refractivity contribution in [1.82, 2.24) is 0 Å². The van der Waals surface area contributed by atoms with E-state index in [0.717, 1.165) is 27.7 Å². The average molecular weight is 378 g/mol. The van der Waals surface area contributed by atoms with Crippen molar-refractivity contribution in [2.24, 2.45) is 11.8 Å². The van der Waals surface area contributed by atoms with Crippen LogP contribution in [0.5, 0.6) is 0 Å². The summed E-state index contributed by atoms with van der Waals surface area (Å²) in [5.41, 5.74) is 1.83. The third-order valence-corrected chi connectivity index (χ3v) is 6.52. The van der Waals surface area contributed by atoms with Crippen LogP contribution in [-0.2, 0) is 11.2 Å². The lowest BCUT2D eigenvalue weighted by atomic mass is 9.54. The van der Waals surface area contributed by atoms with Gasteiger partial charge in [-0.2, -0.15) is 0 Å². The van der Waals surface area contributed by atoms with Crippen LogP contribution in [0.25, 0.3) is 0 Å². The number of fused-ring (bicyclic) bond motifs is 2. The first kappa shape index (κ1) is 18.2. The second kappa shape index (κ2) is 6.58. The van der Waals surface area contributed by atoms with Gasteiger partial charge in [-0.15, -0.1) is 0 Å². The number of rotatable bonds is 2. The molecule has 3 aromatic rings. The highest BCUT2D eigenvalue weighted by atomic mass is 16.3. The molecule has 0 saturated carbocycles. The van der Waals surface area contributed by atoms with E-state index in [-0.39, 0.29) is 11.8 Å². The lowest BCUT2D eigenvalue weighted by Crippen LogP contribution is -2.54. The topological polar surface area (TPSA) is 40.5 Å². The van der Waals surface area contributed by atoms with E-state index >= 15 is 0 Å². The van der Waals surface area contributed by atoms with Gasteiger partial charge in [0.1, 0.15) is 19.0 Å². The molecule has 0 bridgehead atoms. The summed E-state index contributed by atoms with van der Waals surface area (Å²) in [5.74, 6) is -0.593. The summed E-state index contributed by atoms with van der Waals surface area (Å²) in [7, 11) is 2.02. The third-order valence-electron chi connectivity index (χ3n) is 6.52. The highest BCUT2D eigenvalue weighted by molar-refractivity contribution is 6.32. The fourth-order valence-corrected chi connectivity index (χ4v) is 5.15. The van der Waals surface area contributed by atoms with Gasteiger partial charge in [0.15, 0.2) is 0 Å². The van der Waals surface area contributed by atoms with Gasteiger partial charge in [0.25, 0.3) is 0 Å². The molecule has 0 aromatic heterocycles. The van der Waals surface area contributed by atoms with Gasteiger partial charge in [0.2, 0.25) is 0 Å². The summed E-state index contributed by atoms with van der Waals surface area (Å²) >= 11 is 0. The minimum Gasteiger partial charge on any atom is -0.380 e. The lowest BCUT2D eigenvalue weighted by Gasteiger charge is -2.53. The molecule has 2 aliphatic carbocycles. The summed E-state index contributed by atoms with van der Waals surface area (Å²) in [6.07, 6.45) is 8.02. The van der Waals surface area contributed by atoms with Crippen molar-refractivity contribution in [2.75, 3.05) is 0 Å². The molecule has 4 unspecified atom stereocenters. The molecule has 0 heterocycles. The Balaban J connectivity index is 1.87. The molecule has 142 valence electrons. The number of hydrogen-bond donors (Lipinski definition) is 2. The monoisotopic (exact) mass is 378 g/mol. The lowest BCUT2D eigenvalue weighted by molar-refractivity contribution is -0.0715. The molecule has 2 aliphatic rings. The zero-order valence-corrected chi connectivity index (χ0v) is 16.4. The van der Waals surface area contributed by atoms with Crippen molar-refractivity contribution in [2.45, 2.75) is 11.2 Å². The van der Waals surface area contributed by atoms with E-state index in [9.17, 15) is 10.2 Å². The molecule has 29 heavy (non-hydrogen) atoms. The van der Waals surface area contributed by atoms with Crippen LogP contribution in [0, 0.1) is 11.8 Å². The van der Waals surface area contributed by atoms with Crippen molar-refractivity contribution in [3.05, 3.63) is 125 Å². The van der Waals surface area contributed by atoms with Crippen LogP contribution in [0.1, 0.15) is 22.3 Å². The van der Waals surface area contributed by atoms with Crippen LogP contribution >= 0.6 is 0 Å². The van der Waals surface area contributed by atoms with Gasteiger partial charge in [-0.3, -0.25) is 0 Å². The molecule has 4 atom stereocenters. The van der Waals surface area contributed by atoms with Crippen molar-refractivity contribution in [3.63, 3.8) is 0 Å². The average Bonchev–Trinajstić information content (AvgIpc) is 2.78. The Labute approximate surface area is 172 Å². The van der Waals surface area contributed by atoms with Crippen LogP contribution < -0.4 is 5.46 Å². The second-order valence-corrected chi connectivity index (χ2v) is 8.14. The number of aliphatic hydroxyl groups is 2. The predicted molar refractivity (Wildman–Crippen MR) is 119 cm³/mol. The van der Waals surface area contributed by atoms with E-state index in [1.54, 1.807) is 0 Å². The largest absolute Gasteiger partial charge is 0.380 e. The molecule has 0 radical (unpaired) electrons. The van der Waals surface area contributed by atoms with Gasteiger partial charge in [0, 0.05) is 11.8 Å². The second-order valence-electron chi connectivity index (χ2n) is 8.14. The van der Waals surface area contributed by atoms with E-state index in [2.05, 4.69) is 0 Å². The highest BCUT2D eigenvalue weighted by Crippen LogP contribution is 2.57. The van der Waals surface area contributed by atoms with Gasteiger partial charge in [-0.1, -0.05) is 109 Å². The molecule has 2 N–H and O–H groups in total. The normalized spacial score (nSPS) is 29.9. The fraction of sp³-hybridized carbons (Fsp3) is 0.154. The number of benzene rings is 3. The van der Waals surface area contributed by atoms with E-state index < -0.39 is 11.2 Å². The Morgan fingerprint density at radius 3 is 1.62 bits per heavy atom. The maximum absolute atomic E-state index is 12.3. The van der Waals surface area contributed by atoms with E-state index in [1.807, 2.05) is 111 Å². The van der Waals surface area contributed by atoms with Crippen LogP contribution in [0.3, 0.4) is 0 Å². The van der Waals surface area contributed by atoms with Crippen molar-refractivity contribution < 1.29 is 10.2 Å². The number of hydrogen-bond acceptors (Lipinski definition) is 2. The maximum atomic E-state index is 12.3. The highest BCUT2D eigenvalue weighted by Gasteiger charge is 2.57. The Hall–Kier alpha value is -2.88. The maximum Gasteiger partial charge on any atom is 0.139 e. The minimum atomic E-state index is -1.23. The molecular weight excluding hydrogens is 355 g/mol. The van der Waals surface area contributed by atoms with E-state index in [1.165, 1.54) is 0 Å². The fourth-order valence-electron chi connectivity index (χ4n) is 5.15. The molecule has 5 rings (SSSR count). The van der Waals surface area contributed by atoms with Crippen LogP contribution in [0.15, 0.2) is 103 Å². The third kappa shape index (κ3) is 2.51. The zero-order valence-electron chi connectivity index (χ0n) is 16.4. The van der Waals surface area contributed by atoms with Gasteiger partial charge >= 0.3 is 0 Å². The minimum absolute atomic E-state index is 0.296. The van der Waals surface area contributed by atoms with Gasteiger partial charge in [-0.25, -0.2) is 0 Å². The molecule has 0 amide bonds. The molecule has 3 heteroatoms. The Morgan fingerprint density at radius 1 is 0.621 bits per heavy atom. The van der Waals surface area contributed by atoms with Crippen molar-refractivity contribution >= 4 is 13.3 Å². The summed E-state index contributed by atoms with van der Waals surface area (Å²) in [6.45, 7) is 0. The smallest absolute Gasteiger partial charge is 0.139 e. The molecule has 0 saturated heterocycles. The van der Waals surface area contributed by atoms with Crippen LogP contribution in [0.2, 0.25) is 0 Å². The molecule has 0 aliphatic heterocycles. The number of allylic oxidation sites excluding steroid dienone is 2. The Bertz CT molecular complexity index is 1110. The molecule has 3 aromatic carbocycles. The van der Waals surface area contributed by atoms with Crippen LogP contribution in [-0.4, -0.2) is 18.1 Å². The SMILES string of the molecule is Bc1ccc2c(c1)C(O)(c1ccccc1)C1C=CC=CC1C2(O)c1ccccc1. The summed E-state index contributed by atoms with van der Waals surface area (Å²) < 4.78 is 0. The van der Waals surface area contributed by atoms with Gasteiger partial charge in [0.05, 0.1) is 0 Å². The summed E-state index contributed by atoms with van der Waals surface area (Å²) in [4.78, 5) is 0. The van der Waals surface area contributed by atoms with Gasteiger partial charge < -0.3 is 10.2 Å². The van der Waals surface area contributed by atoms with Crippen molar-refractivity contribution in [3.8, 4) is 0 Å². The quantitative estimate of drug-likeness (QED) is 0.674. The van der Waals surface area contributed by atoms with E-state index in [0.29, 0.717) is 0 Å². The van der Waals surface area contributed by atoms with Crippen LogP contribution in [0.4, 0.5) is 0 Å². The zero-order chi connectivity index (χ0) is 20.1. The van der Waals surface area contributed by atoms with E-state index in [4.69, 9.17) is 0 Å². The van der Waals surface area contributed by atoms with Gasteiger partial charge in [-0.05, 0) is 22.3 Å². The predicted octanol–water partition coefficient (Wildman–Crippen LogP) is 2.79.